The summed E-state index contributed by atoms with van der Waals surface area (Å²) in [6.45, 7) is 8.87. The predicted octanol–water partition coefficient (Wildman–Crippen LogP) is 2.75. The summed E-state index contributed by atoms with van der Waals surface area (Å²) >= 11 is 0. The van der Waals surface area contributed by atoms with Gasteiger partial charge in [-0.15, -0.1) is 0 Å². The molecule has 1 aromatic heterocycles. The second-order valence-electron chi connectivity index (χ2n) is 7.40. The first-order valence-electron chi connectivity index (χ1n) is 10.3. The Morgan fingerprint density at radius 2 is 2.07 bits per heavy atom. The zero-order valence-electron chi connectivity index (χ0n) is 17.4. The fourth-order valence-electron chi connectivity index (χ4n) is 3.90. The minimum atomic E-state index is -0.294. The zero-order chi connectivity index (χ0) is 20.8. The molecule has 3 rings (SSSR count). The predicted molar refractivity (Wildman–Crippen MR) is 113 cm³/mol. The molecular formula is C22H30N4O3. The van der Waals surface area contributed by atoms with Crippen LogP contribution in [0, 0.1) is 6.92 Å². The highest BCUT2D eigenvalue weighted by molar-refractivity contribution is 5.90. The third kappa shape index (κ3) is 5.52. The van der Waals surface area contributed by atoms with Crippen LogP contribution in [0.2, 0.25) is 0 Å². The van der Waals surface area contributed by atoms with Crippen molar-refractivity contribution in [3.8, 4) is 0 Å². The number of carbonyl (C=O) groups is 1. The van der Waals surface area contributed by atoms with Crippen LogP contribution in [0.1, 0.15) is 44.1 Å². The van der Waals surface area contributed by atoms with Crippen molar-refractivity contribution in [3.63, 3.8) is 0 Å². The Kier molecular flexibility index (Phi) is 7.17. The van der Waals surface area contributed by atoms with Crippen molar-refractivity contribution in [2.45, 2.75) is 52.3 Å². The monoisotopic (exact) mass is 398 g/mol. The van der Waals surface area contributed by atoms with E-state index in [1.807, 2.05) is 24.3 Å². The fourth-order valence-corrected chi connectivity index (χ4v) is 3.90. The average Bonchev–Trinajstić information content (AvgIpc) is 2.72. The van der Waals surface area contributed by atoms with Gasteiger partial charge in [-0.05, 0) is 56.6 Å². The zero-order valence-corrected chi connectivity index (χ0v) is 17.4. The molecule has 1 aliphatic heterocycles. The van der Waals surface area contributed by atoms with E-state index in [-0.39, 0.29) is 24.1 Å². The Labute approximate surface area is 171 Å². The smallest absolute Gasteiger partial charge is 0.267 e. The maximum atomic E-state index is 12.4. The number of nitrogens with one attached hydrogen (secondary N) is 1. The number of aromatic nitrogens is 2. The molecule has 1 N–H and O–H groups in total. The molecule has 7 nitrogen and oxygen atoms in total. The number of nitrogens with zero attached hydrogens (tertiary/aromatic N) is 3. The minimum absolute atomic E-state index is 0.0206. The lowest BCUT2D eigenvalue weighted by atomic mass is 9.96. The van der Waals surface area contributed by atoms with Gasteiger partial charge in [-0.3, -0.25) is 9.59 Å². The van der Waals surface area contributed by atoms with Crippen LogP contribution in [0.5, 0.6) is 0 Å². The van der Waals surface area contributed by atoms with E-state index in [1.165, 1.54) is 10.7 Å². The van der Waals surface area contributed by atoms with Crippen molar-refractivity contribution < 1.29 is 9.53 Å². The molecule has 2 atom stereocenters. The molecule has 0 bridgehead atoms. The van der Waals surface area contributed by atoms with Crippen molar-refractivity contribution in [1.82, 2.24) is 14.7 Å². The molecule has 2 aromatic rings. The number of aryl methyl sites for hydroxylation is 1. The Morgan fingerprint density at radius 1 is 1.28 bits per heavy atom. The highest BCUT2D eigenvalue weighted by atomic mass is 16.5. The van der Waals surface area contributed by atoms with Gasteiger partial charge in [-0.2, -0.15) is 5.10 Å². The summed E-state index contributed by atoms with van der Waals surface area (Å²) in [6.07, 6.45) is 2.02. The van der Waals surface area contributed by atoms with Gasteiger partial charge < -0.3 is 15.0 Å². The van der Waals surface area contributed by atoms with Crippen LogP contribution in [0.15, 0.2) is 41.2 Å². The third-order valence-electron chi connectivity index (χ3n) is 5.42. The summed E-state index contributed by atoms with van der Waals surface area (Å²) in [7, 11) is 0. The largest absolute Gasteiger partial charge is 0.373 e. The lowest BCUT2D eigenvalue weighted by Gasteiger charge is -2.36. The van der Waals surface area contributed by atoms with Gasteiger partial charge >= 0.3 is 0 Å². The number of hydrogen-bond acceptors (Lipinski definition) is 5. The lowest BCUT2D eigenvalue weighted by Crippen LogP contribution is -2.40. The quantitative estimate of drug-likeness (QED) is 0.776. The van der Waals surface area contributed by atoms with Crippen LogP contribution in [0.25, 0.3) is 0 Å². The summed E-state index contributed by atoms with van der Waals surface area (Å²) in [5.74, 6) is -0.284. The van der Waals surface area contributed by atoms with Gasteiger partial charge in [0.05, 0.1) is 11.8 Å². The Morgan fingerprint density at radius 3 is 2.83 bits per heavy atom. The molecular weight excluding hydrogens is 368 g/mol. The van der Waals surface area contributed by atoms with Crippen LogP contribution in [-0.2, 0) is 16.1 Å². The van der Waals surface area contributed by atoms with Crippen molar-refractivity contribution in [2.75, 3.05) is 25.0 Å². The van der Waals surface area contributed by atoms with Crippen LogP contribution < -0.4 is 10.9 Å². The number of benzene rings is 1. The minimum Gasteiger partial charge on any atom is -0.373 e. The number of rotatable bonds is 7. The van der Waals surface area contributed by atoms with Crippen LogP contribution in [0.4, 0.5) is 5.69 Å². The Balaban J connectivity index is 1.67. The molecule has 0 unspecified atom stereocenters. The molecule has 1 amide bonds. The van der Waals surface area contributed by atoms with Crippen molar-refractivity contribution in [1.29, 1.82) is 0 Å². The molecule has 0 radical (unpaired) electrons. The summed E-state index contributed by atoms with van der Waals surface area (Å²) in [6, 6.07) is 11.3. The number of amides is 1. The lowest BCUT2D eigenvalue weighted by molar-refractivity contribution is -0.117. The number of ether oxygens (including phenoxy) is 1. The van der Waals surface area contributed by atoms with Gasteiger partial charge in [0, 0.05) is 24.4 Å². The number of hydrogen-bond donors (Lipinski definition) is 1. The summed E-state index contributed by atoms with van der Waals surface area (Å²) < 4.78 is 7.20. The maximum absolute atomic E-state index is 12.4. The second-order valence-corrected chi connectivity index (χ2v) is 7.40. The van der Waals surface area contributed by atoms with E-state index in [4.69, 9.17) is 4.74 Å². The topological polar surface area (TPSA) is 76.5 Å². The van der Waals surface area contributed by atoms with E-state index in [2.05, 4.69) is 29.2 Å². The van der Waals surface area contributed by atoms with E-state index in [9.17, 15) is 9.59 Å². The van der Waals surface area contributed by atoms with E-state index < -0.39 is 0 Å². The maximum Gasteiger partial charge on any atom is 0.267 e. The highest BCUT2D eigenvalue weighted by Gasteiger charge is 2.27. The standard InChI is InChI=1S/C22H30N4O3/c1-4-25(5-2)19-11-12-29-20(14-19)17-7-6-8-18(13-17)23-21(27)15-26-22(28)10-9-16(3)24-26/h6-10,13,19-20H,4-5,11-12,14-15H2,1-3H3,(H,23,27)/t19-,20+/m1/s1. The van der Waals surface area contributed by atoms with Gasteiger partial charge in [0.15, 0.2) is 0 Å². The van der Waals surface area contributed by atoms with Crippen molar-refractivity contribution in [3.05, 3.63) is 58.0 Å². The van der Waals surface area contributed by atoms with E-state index in [1.54, 1.807) is 13.0 Å². The fraction of sp³-hybridized carbons (Fsp3) is 0.500. The van der Waals surface area contributed by atoms with E-state index >= 15 is 0 Å². The second kappa shape index (κ2) is 9.80. The molecule has 156 valence electrons. The average molecular weight is 399 g/mol. The molecule has 0 saturated carbocycles. The van der Waals surface area contributed by atoms with E-state index in [0.29, 0.717) is 17.4 Å². The first-order chi connectivity index (χ1) is 14.0. The summed E-state index contributed by atoms with van der Waals surface area (Å²) in [5.41, 5.74) is 2.15. The first-order valence-corrected chi connectivity index (χ1v) is 10.3. The van der Waals surface area contributed by atoms with Gasteiger partial charge in [0.25, 0.3) is 5.56 Å². The summed E-state index contributed by atoms with van der Waals surface area (Å²) in [4.78, 5) is 26.7. The van der Waals surface area contributed by atoms with Crippen LogP contribution >= 0.6 is 0 Å². The normalized spacial score (nSPS) is 19.3. The third-order valence-corrected chi connectivity index (χ3v) is 5.42. The molecule has 7 heteroatoms. The van der Waals surface area contributed by atoms with Crippen molar-refractivity contribution >= 4 is 11.6 Å². The Bertz CT molecular complexity index is 892. The number of carbonyl (C=O) groups excluding carboxylic acids is 1. The van der Waals surface area contributed by atoms with Gasteiger partial charge in [0.2, 0.25) is 5.91 Å². The molecule has 2 heterocycles. The Hall–Kier alpha value is -2.51. The first kappa shape index (κ1) is 21.2. The van der Waals surface area contributed by atoms with Crippen molar-refractivity contribution in [2.24, 2.45) is 0 Å². The number of anilines is 1. The highest BCUT2D eigenvalue weighted by Crippen LogP contribution is 2.31. The van der Waals surface area contributed by atoms with Crippen LogP contribution in [-0.4, -0.2) is 46.3 Å². The SMILES string of the molecule is CCN(CC)[C@@H]1CCO[C@H](c2cccc(NC(=O)Cn3nc(C)ccc3=O)c2)C1. The molecule has 0 spiro atoms. The molecule has 29 heavy (non-hydrogen) atoms. The van der Waals surface area contributed by atoms with Gasteiger partial charge in [-0.25, -0.2) is 4.68 Å². The molecule has 1 fully saturated rings. The molecule has 0 aliphatic carbocycles. The summed E-state index contributed by atoms with van der Waals surface area (Å²) in [5, 5.41) is 6.97. The van der Waals surface area contributed by atoms with Crippen LogP contribution in [0.3, 0.4) is 0 Å². The van der Waals surface area contributed by atoms with Gasteiger partial charge in [-0.1, -0.05) is 26.0 Å². The molecule has 1 aliphatic rings. The van der Waals surface area contributed by atoms with E-state index in [0.717, 1.165) is 38.1 Å². The van der Waals surface area contributed by atoms with Gasteiger partial charge in [0.1, 0.15) is 6.54 Å². The molecule has 1 aromatic carbocycles. The molecule has 1 saturated heterocycles.